The summed E-state index contributed by atoms with van der Waals surface area (Å²) in [5.41, 5.74) is 8.16. The van der Waals surface area contributed by atoms with Crippen molar-refractivity contribution in [1.29, 1.82) is 0 Å². The molecule has 0 fully saturated rings. The normalized spacial score (nSPS) is 12.5. The van der Waals surface area contributed by atoms with E-state index in [2.05, 4.69) is 115 Å². The van der Waals surface area contributed by atoms with Crippen LogP contribution in [0.15, 0.2) is 188 Å². The first-order valence-corrected chi connectivity index (χ1v) is 17.6. The zero-order chi connectivity index (χ0) is 35.3. The third-order valence-corrected chi connectivity index (χ3v) is 10.0. The Balaban J connectivity index is 1.25. The lowest BCUT2D eigenvalue weighted by Crippen LogP contribution is -2.06. The maximum absolute atomic E-state index is 6.64. The van der Waals surface area contributed by atoms with E-state index in [0.29, 0.717) is 18.2 Å². The largest absolute Gasteiger partial charge is 0.456 e. The van der Waals surface area contributed by atoms with E-state index in [4.69, 9.17) is 18.8 Å². The minimum Gasteiger partial charge on any atom is -0.456 e. The van der Waals surface area contributed by atoms with Crippen LogP contribution in [-0.2, 0) is 6.54 Å². The molecule has 10 rings (SSSR count). The molecule has 0 amide bonds. The van der Waals surface area contributed by atoms with Crippen molar-refractivity contribution in [3.05, 3.63) is 180 Å². The van der Waals surface area contributed by atoms with Gasteiger partial charge in [0, 0.05) is 38.1 Å². The van der Waals surface area contributed by atoms with Gasteiger partial charge in [-0.3, -0.25) is 4.99 Å². The van der Waals surface area contributed by atoms with E-state index >= 15 is 0 Å². The predicted octanol–water partition coefficient (Wildman–Crippen LogP) is 12.6. The number of nitrogens with zero attached hydrogens (tertiary/aromatic N) is 3. The van der Waals surface area contributed by atoms with E-state index in [1.807, 2.05) is 60.7 Å². The van der Waals surface area contributed by atoms with E-state index in [1.165, 1.54) is 10.8 Å². The van der Waals surface area contributed by atoms with Gasteiger partial charge in [-0.1, -0.05) is 133 Å². The Labute approximate surface area is 304 Å². The van der Waals surface area contributed by atoms with Crippen molar-refractivity contribution in [3.8, 4) is 11.1 Å². The Morgan fingerprint density at radius 1 is 0.491 bits per heavy atom. The van der Waals surface area contributed by atoms with Crippen LogP contribution in [0.5, 0.6) is 0 Å². The van der Waals surface area contributed by atoms with Gasteiger partial charge < -0.3 is 8.83 Å². The van der Waals surface area contributed by atoms with Crippen molar-refractivity contribution in [2.75, 3.05) is 0 Å². The molecule has 0 aliphatic carbocycles. The van der Waals surface area contributed by atoms with Crippen LogP contribution in [0, 0.1) is 0 Å². The van der Waals surface area contributed by atoms with Crippen molar-refractivity contribution in [2.45, 2.75) is 6.54 Å². The summed E-state index contributed by atoms with van der Waals surface area (Å²) in [6, 6.07) is 56.0. The molecule has 10 aromatic rings. The van der Waals surface area contributed by atoms with Crippen LogP contribution in [-0.4, -0.2) is 18.4 Å². The number of benzene rings is 8. The highest BCUT2D eigenvalue weighted by molar-refractivity contribution is 6.27. The first-order valence-electron chi connectivity index (χ1n) is 17.6. The summed E-state index contributed by atoms with van der Waals surface area (Å²) in [7, 11) is 0. The summed E-state index contributed by atoms with van der Waals surface area (Å²) in [5.74, 6) is 1.04. The quantitative estimate of drug-likeness (QED) is 0.134. The molecule has 0 atom stereocenters. The van der Waals surface area contributed by atoms with Gasteiger partial charge in [0.2, 0.25) is 0 Å². The lowest BCUT2D eigenvalue weighted by atomic mass is 9.92. The first kappa shape index (κ1) is 30.7. The fourth-order valence-corrected chi connectivity index (χ4v) is 7.61. The number of aliphatic imine (C=N–C) groups is 3. The topological polar surface area (TPSA) is 63.4 Å². The molecule has 8 aromatic carbocycles. The summed E-state index contributed by atoms with van der Waals surface area (Å²) >= 11 is 0. The third-order valence-electron chi connectivity index (χ3n) is 10.0. The number of hydrogen-bond acceptors (Lipinski definition) is 3. The van der Waals surface area contributed by atoms with Gasteiger partial charge in [0.25, 0.3) is 0 Å². The number of hydrogen-bond donors (Lipinski definition) is 0. The Morgan fingerprint density at radius 2 is 1.19 bits per heavy atom. The molecule has 0 aliphatic rings. The molecular weight excluding hydrogens is 651 g/mol. The summed E-state index contributed by atoms with van der Waals surface area (Å²) in [6.45, 7) is 4.33. The van der Waals surface area contributed by atoms with E-state index in [-0.39, 0.29) is 0 Å². The second kappa shape index (κ2) is 12.6. The van der Waals surface area contributed by atoms with Gasteiger partial charge in [-0.25, -0.2) is 9.98 Å². The van der Waals surface area contributed by atoms with Crippen LogP contribution in [0.2, 0.25) is 0 Å². The fraction of sp³-hybridized carbons (Fsp3) is 0.0208. The fourth-order valence-electron chi connectivity index (χ4n) is 7.61. The number of amidine groups is 2. The van der Waals surface area contributed by atoms with Crippen molar-refractivity contribution >= 4 is 83.8 Å². The molecule has 0 spiro atoms. The summed E-state index contributed by atoms with van der Waals surface area (Å²) in [5, 5.41) is 8.61. The molecule has 0 radical (unpaired) electrons. The summed E-state index contributed by atoms with van der Waals surface area (Å²) < 4.78 is 13.2. The molecule has 5 heteroatoms. The molecule has 0 bridgehead atoms. The van der Waals surface area contributed by atoms with E-state index in [1.54, 1.807) is 0 Å². The van der Waals surface area contributed by atoms with Gasteiger partial charge in [-0.05, 0) is 69.9 Å². The zero-order valence-electron chi connectivity index (χ0n) is 28.7. The van der Waals surface area contributed by atoms with Crippen molar-refractivity contribution in [3.63, 3.8) is 0 Å². The molecule has 53 heavy (non-hydrogen) atoms. The van der Waals surface area contributed by atoms with E-state index in [9.17, 15) is 0 Å². The summed E-state index contributed by atoms with van der Waals surface area (Å²) in [6.07, 6.45) is 0. The molecule has 2 heterocycles. The molecule has 5 nitrogen and oxygen atoms in total. The van der Waals surface area contributed by atoms with Gasteiger partial charge in [0.15, 0.2) is 11.7 Å². The lowest BCUT2D eigenvalue weighted by molar-refractivity contribution is 0.669. The zero-order valence-corrected chi connectivity index (χ0v) is 28.7. The van der Waals surface area contributed by atoms with Crippen molar-refractivity contribution in [2.24, 2.45) is 15.0 Å². The Morgan fingerprint density at radius 3 is 2.04 bits per heavy atom. The molecular formula is C48H31N3O2. The van der Waals surface area contributed by atoms with Gasteiger partial charge >= 0.3 is 0 Å². The van der Waals surface area contributed by atoms with Crippen LogP contribution in [0.25, 0.3) is 76.5 Å². The van der Waals surface area contributed by atoms with Crippen LogP contribution < -0.4 is 0 Å². The van der Waals surface area contributed by atoms with Gasteiger partial charge in [0.1, 0.15) is 22.3 Å². The lowest BCUT2D eigenvalue weighted by Gasteiger charge is -2.11. The highest BCUT2D eigenvalue weighted by atomic mass is 16.3. The van der Waals surface area contributed by atoms with Crippen LogP contribution in [0.1, 0.15) is 16.7 Å². The Kier molecular flexibility index (Phi) is 7.29. The van der Waals surface area contributed by atoms with Crippen LogP contribution >= 0.6 is 0 Å². The second-order valence-electron chi connectivity index (χ2n) is 13.2. The van der Waals surface area contributed by atoms with Crippen LogP contribution in [0.3, 0.4) is 0 Å². The number of fused-ring (bicyclic) bond motifs is 9. The van der Waals surface area contributed by atoms with Crippen LogP contribution in [0.4, 0.5) is 0 Å². The highest BCUT2D eigenvalue weighted by Gasteiger charge is 2.22. The van der Waals surface area contributed by atoms with Gasteiger partial charge in [0.05, 0.1) is 6.54 Å². The third kappa shape index (κ3) is 5.21. The minimum atomic E-state index is 0.425. The maximum Gasteiger partial charge on any atom is 0.161 e. The van der Waals surface area contributed by atoms with Gasteiger partial charge in [-0.15, -0.1) is 0 Å². The molecule has 0 saturated heterocycles. The standard InChI is InChI=1S/C48H31N3O2/c1-49-47(32-14-3-2-4-15-32)51-48(50-29-30-25-26-31-13-5-6-16-33(31)27-30)38-21-12-24-42-45(38)44-36(20-11-23-41(44)52-42)39-28-34-17-7-8-18-35(34)46-43(39)37-19-9-10-22-40(37)53-46/h2-28H,1,29H2. The smallest absolute Gasteiger partial charge is 0.161 e. The highest BCUT2D eigenvalue weighted by Crippen LogP contribution is 2.45. The maximum atomic E-state index is 6.64. The van der Waals surface area contributed by atoms with E-state index in [0.717, 1.165) is 82.5 Å². The Hall–Kier alpha value is -7.11. The number of furan rings is 2. The monoisotopic (exact) mass is 681 g/mol. The SMILES string of the molecule is C=NC(=NC(=NCc1ccc2ccccc2c1)c1cccc2oc3cccc(-c4cc5ccccc5c5oc6ccccc6c45)c3c12)c1ccccc1. The second-order valence-corrected chi connectivity index (χ2v) is 13.2. The van der Waals surface area contributed by atoms with Crippen molar-refractivity contribution < 1.29 is 8.83 Å². The molecule has 0 N–H and O–H groups in total. The molecule has 0 aliphatic heterocycles. The number of para-hydroxylation sites is 1. The van der Waals surface area contributed by atoms with Crippen molar-refractivity contribution in [1.82, 2.24) is 0 Å². The summed E-state index contributed by atoms with van der Waals surface area (Å²) in [4.78, 5) is 14.8. The molecule has 0 saturated carbocycles. The number of rotatable bonds is 5. The Bertz CT molecular complexity index is 3110. The predicted molar refractivity (Wildman–Crippen MR) is 221 cm³/mol. The minimum absolute atomic E-state index is 0.425. The first-order chi connectivity index (χ1) is 26.2. The molecule has 0 unspecified atom stereocenters. The average molecular weight is 682 g/mol. The molecule has 250 valence electrons. The molecule has 2 aromatic heterocycles. The van der Waals surface area contributed by atoms with E-state index < -0.39 is 0 Å². The van der Waals surface area contributed by atoms with Gasteiger partial charge in [-0.2, -0.15) is 0 Å². The average Bonchev–Trinajstić information content (AvgIpc) is 3.81.